The SMILES string of the molecule is COc1ccc(C2=NN(C(=O)CN3CCN(c4ccc([N+](=O)[O-])cc4)CC3)[C@@H](c3ccc(C)cc3)C2)cc1. The number of piperazine rings is 1. The summed E-state index contributed by atoms with van der Waals surface area (Å²) in [6.07, 6.45) is 0.648. The van der Waals surface area contributed by atoms with Crippen LogP contribution in [0.5, 0.6) is 5.75 Å². The molecule has 0 aliphatic carbocycles. The second-order valence-corrected chi connectivity index (χ2v) is 9.68. The lowest BCUT2D eigenvalue weighted by Gasteiger charge is -2.36. The lowest BCUT2D eigenvalue weighted by Crippen LogP contribution is -2.49. The fourth-order valence-electron chi connectivity index (χ4n) is 4.96. The number of nitrogens with zero attached hydrogens (tertiary/aromatic N) is 5. The Morgan fingerprint density at radius 2 is 1.63 bits per heavy atom. The van der Waals surface area contributed by atoms with Crippen molar-refractivity contribution in [3.8, 4) is 5.75 Å². The van der Waals surface area contributed by atoms with Gasteiger partial charge < -0.3 is 9.64 Å². The molecule has 2 heterocycles. The zero-order valence-corrected chi connectivity index (χ0v) is 21.6. The Labute approximate surface area is 222 Å². The van der Waals surface area contributed by atoms with Gasteiger partial charge in [-0.05, 0) is 54.4 Å². The average Bonchev–Trinajstić information content (AvgIpc) is 3.40. The quantitative estimate of drug-likeness (QED) is 0.343. The van der Waals surface area contributed by atoms with Crippen molar-refractivity contribution in [2.75, 3.05) is 44.7 Å². The van der Waals surface area contributed by atoms with Crippen molar-refractivity contribution in [1.29, 1.82) is 0 Å². The lowest BCUT2D eigenvalue weighted by atomic mass is 9.97. The molecule has 1 fully saturated rings. The molecule has 196 valence electrons. The van der Waals surface area contributed by atoms with Crippen molar-refractivity contribution < 1.29 is 14.5 Å². The van der Waals surface area contributed by atoms with E-state index >= 15 is 0 Å². The van der Waals surface area contributed by atoms with Crippen molar-refractivity contribution in [3.05, 3.63) is 99.6 Å². The van der Waals surface area contributed by atoms with E-state index in [-0.39, 0.29) is 24.2 Å². The predicted molar refractivity (Wildman–Crippen MR) is 147 cm³/mol. The van der Waals surface area contributed by atoms with Crippen LogP contribution in [0.1, 0.15) is 29.2 Å². The minimum absolute atomic E-state index is 0.0251. The van der Waals surface area contributed by atoms with Crippen molar-refractivity contribution in [3.63, 3.8) is 0 Å². The molecule has 0 saturated carbocycles. The van der Waals surface area contributed by atoms with Crippen LogP contribution < -0.4 is 9.64 Å². The second kappa shape index (κ2) is 11.0. The summed E-state index contributed by atoms with van der Waals surface area (Å²) >= 11 is 0. The van der Waals surface area contributed by atoms with Crippen LogP contribution >= 0.6 is 0 Å². The number of ether oxygens (including phenoxy) is 1. The number of benzene rings is 3. The standard InChI is InChI=1S/C29H31N5O4/c1-21-3-5-23(6-4-21)28-19-27(22-7-13-26(38-2)14-8-22)30-33(28)29(35)20-31-15-17-32(18-16-31)24-9-11-25(12-10-24)34(36)37/h3-14,28H,15-20H2,1-2H3/t28-/m1/s1. The van der Waals surface area contributed by atoms with Crippen LogP contribution in [0.15, 0.2) is 77.9 Å². The maximum absolute atomic E-state index is 13.6. The molecule has 2 aliphatic heterocycles. The number of non-ortho nitro benzene ring substituents is 1. The lowest BCUT2D eigenvalue weighted by molar-refractivity contribution is -0.384. The molecule has 1 atom stereocenters. The Bertz CT molecular complexity index is 1310. The van der Waals surface area contributed by atoms with E-state index in [1.807, 2.05) is 24.3 Å². The maximum Gasteiger partial charge on any atom is 0.269 e. The van der Waals surface area contributed by atoms with Crippen LogP contribution in [0.3, 0.4) is 0 Å². The van der Waals surface area contributed by atoms with E-state index in [4.69, 9.17) is 9.84 Å². The molecule has 3 aromatic rings. The van der Waals surface area contributed by atoms with Crippen LogP contribution in [0, 0.1) is 17.0 Å². The number of rotatable bonds is 7. The van der Waals surface area contributed by atoms with Gasteiger partial charge in [-0.25, -0.2) is 5.01 Å². The molecule has 5 rings (SSSR count). The minimum Gasteiger partial charge on any atom is -0.497 e. The Morgan fingerprint density at radius 1 is 0.974 bits per heavy atom. The van der Waals surface area contributed by atoms with E-state index in [2.05, 4.69) is 41.0 Å². The zero-order valence-electron chi connectivity index (χ0n) is 21.6. The molecule has 9 nitrogen and oxygen atoms in total. The first-order chi connectivity index (χ1) is 18.4. The summed E-state index contributed by atoms with van der Waals surface area (Å²) in [6, 6.07) is 22.6. The van der Waals surface area contributed by atoms with Crippen LogP contribution in [0.2, 0.25) is 0 Å². The molecule has 0 bridgehead atoms. The average molecular weight is 514 g/mol. The highest BCUT2D eigenvalue weighted by Crippen LogP contribution is 2.33. The van der Waals surface area contributed by atoms with E-state index in [9.17, 15) is 14.9 Å². The van der Waals surface area contributed by atoms with Crippen molar-refractivity contribution >= 4 is 23.0 Å². The van der Waals surface area contributed by atoms with Crippen LogP contribution in [0.25, 0.3) is 0 Å². The molecule has 1 saturated heterocycles. The van der Waals surface area contributed by atoms with E-state index in [1.165, 1.54) is 17.7 Å². The van der Waals surface area contributed by atoms with Gasteiger partial charge in [-0.2, -0.15) is 5.10 Å². The van der Waals surface area contributed by atoms with Gasteiger partial charge in [0.05, 0.1) is 30.3 Å². The van der Waals surface area contributed by atoms with Gasteiger partial charge >= 0.3 is 0 Å². The summed E-state index contributed by atoms with van der Waals surface area (Å²) < 4.78 is 5.29. The van der Waals surface area contributed by atoms with E-state index < -0.39 is 4.92 Å². The fraction of sp³-hybridized carbons (Fsp3) is 0.310. The molecule has 2 aliphatic rings. The Hall–Kier alpha value is -4.24. The molecular formula is C29H31N5O4. The van der Waals surface area contributed by atoms with Gasteiger partial charge in [-0.1, -0.05) is 29.8 Å². The van der Waals surface area contributed by atoms with Crippen molar-refractivity contribution in [2.45, 2.75) is 19.4 Å². The normalized spacial score (nSPS) is 17.8. The molecule has 0 N–H and O–H groups in total. The molecule has 0 unspecified atom stereocenters. The number of aryl methyl sites for hydroxylation is 1. The zero-order chi connectivity index (χ0) is 26.6. The van der Waals surface area contributed by atoms with Crippen LogP contribution in [-0.2, 0) is 4.79 Å². The highest BCUT2D eigenvalue weighted by molar-refractivity contribution is 6.03. The van der Waals surface area contributed by atoms with E-state index in [0.29, 0.717) is 6.42 Å². The molecule has 0 radical (unpaired) electrons. The summed E-state index contributed by atoms with van der Waals surface area (Å²) in [5.74, 6) is 0.756. The summed E-state index contributed by atoms with van der Waals surface area (Å²) in [5, 5.41) is 17.4. The maximum atomic E-state index is 13.6. The Balaban J connectivity index is 1.27. The molecule has 1 amide bonds. The van der Waals surface area contributed by atoms with Gasteiger partial charge in [0.25, 0.3) is 11.6 Å². The van der Waals surface area contributed by atoms with E-state index in [0.717, 1.165) is 54.5 Å². The van der Waals surface area contributed by atoms with Gasteiger partial charge in [0, 0.05) is 50.4 Å². The number of nitro groups is 1. The first kappa shape index (κ1) is 25.4. The van der Waals surface area contributed by atoms with Gasteiger partial charge in [-0.15, -0.1) is 0 Å². The third-order valence-corrected chi connectivity index (χ3v) is 7.21. The summed E-state index contributed by atoms with van der Waals surface area (Å²) in [4.78, 5) is 28.5. The Morgan fingerprint density at radius 3 is 2.24 bits per heavy atom. The van der Waals surface area contributed by atoms with Crippen molar-refractivity contribution in [1.82, 2.24) is 9.91 Å². The second-order valence-electron chi connectivity index (χ2n) is 9.68. The summed E-state index contributed by atoms with van der Waals surface area (Å²) in [6.45, 7) is 5.27. The molecule has 38 heavy (non-hydrogen) atoms. The molecular weight excluding hydrogens is 482 g/mol. The monoisotopic (exact) mass is 513 g/mol. The number of methoxy groups -OCH3 is 1. The first-order valence-electron chi connectivity index (χ1n) is 12.7. The number of hydrazone groups is 1. The number of carbonyl (C=O) groups excluding carboxylic acids is 1. The Kier molecular flexibility index (Phi) is 7.37. The topological polar surface area (TPSA) is 91.5 Å². The fourth-order valence-corrected chi connectivity index (χ4v) is 4.96. The highest BCUT2D eigenvalue weighted by Gasteiger charge is 2.34. The third-order valence-electron chi connectivity index (χ3n) is 7.21. The summed E-state index contributed by atoms with van der Waals surface area (Å²) in [5.41, 5.74) is 5.14. The van der Waals surface area contributed by atoms with Crippen molar-refractivity contribution in [2.24, 2.45) is 5.10 Å². The smallest absolute Gasteiger partial charge is 0.269 e. The number of anilines is 1. The van der Waals surface area contributed by atoms with Gasteiger partial charge in [0.1, 0.15) is 5.75 Å². The molecule has 0 aromatic heterocycles. The summed E-state index contributed by atoms with van der Waals surface area (Å²) in [7, 11) is 1.64. The molecule has 9 heteroatoms. The minimum atomic E-state index is -0.391. The largest absolute Gasteiger partial charge is 0.497 e. The van der Waals surface area contributed by atoms with Crippen LogP contribution in [-0.4, -0.2) is 66.3 Å². The predicted octanol–water partition coefficient (Wildman–Crippen LogP) is 4.41. The molecule has 3 aromatic carbocycles. The number of hydrogen-bond donors (Lipinski definition) is 0. The first-order valence-corrected chi connectivity index (χ1v) is 12.7. The van der Waals surface area contributed by atoms with Gasteiger partial charge in [0.2, 0.25) is 0 Å². The number of hydrogen-bond acceptors (Lipinski definition) is 7. The number of carbonyl (C=O) groups is 1. The van der Waals surface area contributed by atoms with Gasteiger partial charge in [0.15, 0.2) is 0 Å². The third kappa shape index (κ3) is 5.52. The molecule has 0 spiro atoms. The van der Waals surface area contributed by atoms with Crippen LogP contribution in [0.4, 0.5) is 11.4 Å². The van der Waals surface area contributed by atoms with E-state index in [1.54, 1.807) is 24.3 Å². The number of amides is 1. The highest BCUT2D eigenvalue weighted by atomic mass is 16.6. The number of nitro benzene ring substituents is 1. The van der Waals surface area contributed by atoms with Gasteiger partial charge in [-0.3, -0.25) is 19.8 Å².